The second-order valence-electron chi connectivity index (χ2n) is 8.14. The molecule has 0 bridgehead atoms. The van der Waals surface area contributed by atoms with Crippen molar-refractivity contribution in [3.8, 4) is 17.1 Å². The summed E-state index contributed by atoms with van der Waals surface area (Å²) in [6.07, 6.45) is 0.796. The van der Waals surface area contributed by atoms with Gasteiger partial charge in [-0.15, -0.1) is 0 Å². The van der Waals surface area contributed by atoms with Crippen LogP contribution >= 0.6 is 0 Å². The van der Waals surface area contributed by atoms with Crippen molar-refractivity contribution in [2.75, 3.05) is 13.1 Å². The van der Waals surface area contributed by atoms with Gasteiger partial charge in [-0.05, 0) is 52.7 Å². The zero-order valence-corrected chi connectivity index (χ0v) is 17.4. The molecule has 10 heteroatoms. The van der Waals surface area contributed by atoms with Gasteiger partial charge in [0, 0.05) is 19.2 Å². The summed E-state index contributed by atoms with van der Waals surface area (Å²) in [5, 5.41) is 4.42. The highest BCUT2D eigenvalue weighted by Gasteiger charge is 2.30. The summed E-state index contributed by atoms with van der Waals surface area (Å²) in [7, 11) is 0. The fourth-order valence-corrected chi connectivity index (χ4v) is 3.36. The Labute approximate surface area is 172 Å². The average Bonchev–Trinajstić information content (AvgIpc) is 3.01. The van der Waals surface area contributed by atoms with Crippen molar-refractivity contribution in [3.63, 3.8) is 0 Å². The minimum absolute atomic E-state index is 0.107. The number of hydrogen-bond acceptors (Lipinski definition) is 5. The van der Waals surface area contributed by atoms with Gasteiger partial charge in [0.2, 0.25) is 0 Å². The molecule has 1 aliphatic heterocycles. The SMILES string of the molecule is Cc1nc(-c2ccc(F)cc2OC(F)F)n(C2CCN(C(=O)OC(C)(C)C)CC2)n1. The van der Waals surface area contributed by atoms with Crippen LogP contribution in [-0.4, -0.2) is 51.1 Å². The Morgan fingerprint density at radius 1 is 1.23 bits per heavy atom. The Kier molecular flexibility index (Phi) is 6.23. The molecule has 30 heavy (non-hydrogen) atoms. The van der Waals surface area contributed by atoms with E-state index in [1.807, 2.05) is 20.8 Å². The van der Waals surface area contributed by atoms with Crippen molar-refractivity contribution in [2.24, 2.45) is 0 Å². The summed E-state index contributed by atoms with van der Waals surface area (Å²) in [6, 6.07) is 3.31. The Morgan fingerprint density at radius 2 is 1.90 bits per heavy atom. The zero-order valence-electron chi connectivity index (χ0n) is 17.4. The van der Waals surface area contributed by atoms with Gasteiger partial charge < -0.3 is 14.4 Å². The van der Waals surface area contributed by atoms with Crippen LogP contribution in [0.1, 0.15) is 45.5 Å². The highest BCUT2D eigenvalue weighted by molar-refractivity contribution is 5.68. The van der Waals surface area contributed by atoms with E-state index in [2.05, 4.69) is 14.8 Å². The fraction of sp³-hybridized carbons (Fsp3) is 0.550. The van der Waals surface area contributed by atoms with Gasteiger partial charge in [-0.1, -0.05) is 0 Å². The second kappa shape index (κ2) is 8.53. The monoisotopic (exact) mass is 426 g/mol. The van der Waals surface area contributed by atoms with Crippen LogP contribution in [0.5, 0.6) is 5.75 Å². The van der Waals surface area contributed by atoms with Gasteiger partial charge in [0.1, 0.15) is 23.0 Å². The number of benzene rings is 1. The number of ether oxygens (including phenoxy) is 2. The minimum Gasteiger partial charge on any atom is -0.444 e. The third-order valence-corrected chi connectivity index (χ3v) is 4.60. The van der Waals surface area contributed by atoms with E-state index in [0.29, 0.717) is 37.6 Å². The van der Waals surface area contributed by atoms with E-state index >= 15 is 0 Å². The Bertz CT molecular complexity index is 903. The van der Waals surface area contributed by atoms with Gasteiger partial charge >= 0.3 is 12.7 Å². The number of nitrogens with zero attached hydrogens (tertiary/aromatic N) is 4. The van der Waals surface area contributed by atoms with Gasteiger partial charge in [0.25, 0.3) is 0 Å². The summed E-state index contributed by atoms with van der Waals surface area (Å²) in [6.45, 7) is 4.94. The second-order valence-corrected chi connectivity index (χ2v) is 8.14. The molecule has 1 aliphatic rings. The van der Waals surface area contributed by atoms with Gasteiger partial charge in [-0.3, -0.25) is 0 Å². The standard InChI is InChI=1S/C20H25F3N4O3/c1-12-24-17(15-6-5-13(21)11-16(15)29-18(22)23)27(25-12)14-7-9-26(10-8-14)19(28)30-20(2,3)4/h5-6,11,14,18H,7-10H2,1-4H3. The molecule has 1 aromatic heterocycles. The van der Waals surface area contributed by atoms with Gasteiger partial charge in [0.05, 0.1) is 11.6 Å². The van der Waals surface area contributed by atoms with E-state index in [1.54, 1.807) is 16.5 Å². The quantitative estimate of drug-likeness (QED) is 0.717. The van der Waals surface area contributed by atoms with Crippen molar-refractivity contribution in [1.29, 1.82) is 0 Å². The molecule has 1 saturated heterocycles. The molecule has 0 radical (unpaired) electrons. The molecular formula is C20H25F3N4O3. The Morgan fingerprint density at radius 3 is 2.50 bits per heavy atom. The first-order valence-corrected chi connectivity index (χ1v) is 9.69. The molecule has 2 heterocycles. The predicted molar refractivity (Wildman–Crippen MR) is 103 cm³/mol. The predicted octanol–water partition coefficient (Wildman–Crippen LogP) is 4.57. The number of carbonyl (C=O) groups excluding carboxylic acids is 1. The summed E-state index contributed by atoms with van der Waals surface area (Å²) < 4.78 is 50.8. The first kappa shape index (κ1) is 21.9. The lowest BCUT2D eigenvalue weighted by atomic mass is 10.0. The number of piperidine rings is 1. The number of halogens is 3. The third-order valence-electron chi connectivity index (χ3n) is 4.60. The lowest BCUT2D eigenvalue weighted by Crippen LogP contribution is -2.42. The van der Waals surface area contributed by atoms with Crippen LogP contribution in [0.25, 0.3) is 11.4 Å². The van der Waals surface area contributed by atoms with Crippen molar-refractivity contribution < 1.29 is 27.4 Å². The van der Waals surface area contributed by atoms with Crippen LogP contribution in [0, 0.1) is 12.7 Å². The first-order chi connectivity index (χ1) is 14.0. The van der Waals surface area contributed by atoms with Crippen molar-refractivity contribution in [3.05, 3.63) is 29.8 Å². The topological polar surface area (TPSA) is 69.5 Å². The van der Waals surface area contributed by atoms with E-state index in [1.165, 1.54) is 6.07 Å². The average molecular weight is 426 g/mol. The van der Waals surface area contributed by atoms with Crippen LogP contribution in [0.15, 0.2) is 18.2 Å². The number of amides is 1. The molecule has 7 nitrogen and oxygen atoms in total. The highest BCUT2D eigenvalue weighted by Crippen LogP contribution is 2.34. The van der Waals surface area contributed by atoms with Crippen molar-refractivity contribution in [2.45, 2.75) is 58.8 Å². The molecule has 3 rings (SSSR count). The Balaban J connectivity index is 1.82. The van der Waals surface area contributed by atoms with Gasteiger partial charge in [-0.2, -0.15) is 13.9 Å². The first-order valence-electron chi connectivity index (χ1n) is 9.69. The highest BCUT2D eigenvalue weighted by atomic mass is 19.3. The number of likely N-dealkylation sites (tertiary alicyclic amines) is 1. The van der Waals surface area contributed by atoms with Crippen molar-refractivity contribution >= 4 is 6.09 Å². The summed E-state index contributed by atoms with van der Waals surface area (Å²) in [5.41, 5.74) is -0.347. The number of rotatable bonds is 4. The Hall–Kier alpha value is -2.78. The van der Waals surface area contributed by atoms with E-state index in [9.17, 15) is 18.0 Å². The van der Waals surface area contributed by atoms with E-state index in [4.69, 9.17) is 4.74 Å². The number of alkyl halides is 2. The molecule has 0 saturated carbocycles. The van der Waals surface area contributed by atoms with E-state index in [0.717, 1.165) is 12.1 Å². The largest absolute Gasteiger partial charge is 0.444 e. The van der Waals surface area contributed by atoms with Crippen LogP contribution < -0.4 is 4.74 Å². The molecule has 164 valence electrons. The lowest BCUT2D eigenvalue weighted by Gasteiger charge is -2.33. The van der Waals surface area contributed by atoms with E-state index in [-0.39, 0.29) is 23.4 Å². The van der Waals surface area contributed by atoms with Gasteiger partial charge in [-0.25, -0.2) is 18.9 Å². The zero-order chi connectivity index (χ0) is 22.1. The molecule has 0 aliphatic carbocycles. The van der Waals surface area contributed by atoms with Crippen molar-refractivity contribution in [1.82, 2.24) is 19.7 Å². The maximum Gasteiger partial charge on any atom is 0.410 e. The number of hydrogen-bond donors (Lipinski definition) is 0. The van der Waals surface area contributed by atoms with Crippen LogP contribution in [0.2, 0.25) is 0 Å². The number of carbonyl (C=O) groups is 1. The van der Waals surface area contributed by atoms with Crippen LogP contribution in [0.3, 0.4) is 0 Å². The molecule has 1 fully saturated rings. The molecule has 0 unspecified atom stereocenters. The molecule has 0 N–H and O–H groups in total. The summed E-state index contributed by atoms with van der Waals surface area (Å²) in [4.78, 5) is 18.3. The molecule has 0 atom stereocenters. The molecule has 0 spiro atoms. The smallest absolute Gasteiger partial charge is 0.410 e. The van der Waals surface area contributed by atoms with Crippen LogP contribution in [-0.2, 0) is 4.74 Å². The minimum atomic E-state index is -3.10. The molecule has 2 aromatic rings. The molecule has 1 amide bonds. The third kappa shape index (κ3) is 5.22. The summed E-state index contributed by atoms with van der Waals surface area (Å²) in [5.74, 6) is -0.224. The van der Waals surface area contributed by atoms with Crippen LogP contribution in [0.4, 0.5) is 18.0 Å². The van der Waals surface area contributed by atoms with Gasteiger partial charge in [0.15, 0.2) is 5.82 Å². The lowest BCUT2D eigenvalue weighted by molar-refractivity contribution is -0.0496. The normalized spacial score (nSPS) is 15.5. The summed E-state index contributed by atoms with van der Waals surface area (Å²) >= 11 is 0. The molecule has 1 aromatic carbocycles. The number of aromatic nitrogens is 3. The maximum atomic E-state index is 13.6. The number of aryl methyl sites for hydroxylation is 1. The molecular weight excluding hydrogens is 401 g/mol. The fourth-order valence-electron chi connectivity index (χ4n) is 3.36. The maximum absolute atomic E-state index is 13.6. The van der Waals surface area contributed by atoms with E-state index < -0.39 is 18.0 Å².